The summed E-state index contributed by atoms with van der Waals surface area (Å²) in [5.74, 6) is 1.16. The van der Waals surface area contributed by atoms with Gasteiger partial charge in [0.2, 0.25) is 0 Å². The second-order valence-electron chi connectivity index (χ2n) is 3.16. The highest BCUT2D eigenvalue weighted by atomic mass is 15.3. The minimum absolute atomic E-state index is 0.576. The smallest absolute Gasteiger partial charge is 0.108 e. The Hall–Kier alpha value is -1.12. The monoisotopic (exact) mass is 149 g/mol. The van der Waals surface area contributed by atoms with E-state index in [9.17, 15) is 0 Å². The number of aromatic amines is 1. The lowest BCUT2D eigenvalue weighted by molar-refractivity contribution is 0.606. The zero-order chi connectivity index (χ0) is 7.84. The molecule has 0 fully saturated rings. The Labute approximate surface area is 64.8 Å². The average molecular weight is 149 g/mol. The molecule has 1 heterocycles. The van der Waals surface area contributed by atoms with Crippen molar-refractivity contribution >= 4 is 12.2 Å². The molecule has 58 valence electrons. The highest BCUT2D eigenvalue weighted by molar-refractivity contribution is 5.37. The van der Waals surface area contributed by atoms with Gasteiger partial charge in [0, 0.05) is 0 Å². The molecule has 2 atom stereocenters. The summed E-state index contributed by atoms with van der Waals surface area (Å²) in [4.78, 5) is 0. The molecule has 0 spiro atoms. The number of nitrogens with zero attached hydrogens (tertiary/aromatic N) is 2. The normalized spacial score (nSPS) is 28.5. The van der Waals surface area contributed by atoms with Crippen LogP contribution < -0.4 is 10.7 Å². The van der Waals surface area contributed by atoms with Crippen molar-refractivity contribution < 1.29 is 0 Å². The van der Waals surface area contributed by atoms with Gasteiger partial charge in [0.1, 0.15) is 5.35 Å². The largest absolute Gasteiger partial charge is 0.258 e. The minimum Gasteiger partial charge on any atom is -0.258 e. The first-order valence-corrected chi connectivity index (χ1v) is 3.88. The predicted molar refractivity (Wildman–Crippen MR) is 42.9 cm³/mol. The van der Waals surface area contributed by atoms with E-state index in [1.54, 1.807) is 0 Å². The van der Waals surface area contributed by atoms with Crippen molar-refractivity contribution in [3.05, 3.63) is 10.7 Å². The summed E-state index contributed by atoms with van der Waals surface area (Å²) in [6.45, 7) is 4.39. The molecule has 0 amide bonds. The fourth-order valence-corrected chi connectivity index (χ4v) is 1.31. The number of nitrogens with one attached hydrogen (secondary N) is 1. The van der Waals surface area contributed by atoms with Crippen LogP contribution in [-0.4, -0.2) is 15.4 Å². The highest BCUT2D eigenvalue weighted by Gasteiger charge is 2.11. The van der Waals surface area contributed by atoms with Gasteiger partial charge in [0.25, 0.3) is 0 Å². The Morgan fingerprint density at radius 3 is 2.82 bits per heavy atom. The second kappa shape index (κ2) is 2.19. The van der Waals surface area contributed by atoms with Gasteiger partial charge in [-0.25, -0.2) is 0 Å². The standard InChI is InChI=1S/C8H11N3/c1-5-3-7-8(4-6(5)2)10-11-9-7/h3-6H,1-2H3,(H,9,10). The molecule has 0 saturated carbocycles. The van der Waals surface area contributed by atoms with E-state index in [0.29, 0.717) is 11.8 Å². The molecule has 0 saturated heterocycles. The molecule has 1 aromatic heterocycles. The van der Waals surface area contributed by atoms with Crippen LogP contribution in [0.4, 0.5) is 0 Å². The zero-order valence-electron chi connectivity index (χ0n) is 6.70. The van der Waals surface area contributed by atoms with Gasteiger partial charge in [-0.2, -0.15) is 0 Å². The van der Waals surface area contributed by atoms with Crippen molar-refractivity contribution in [2.75, 3.05) is 0 Å². The summed E-state index contributed by atoms with van der Waals surface area (Å²) >= 11 is 0. The Morgan fingerprint density at radius 1 is 1.27 bits per heavy atom. The highest BCUT2D eigenvalue weighted by Crippen LogP contribution is 2.14. The first kappa shape index (κ1) is 6.58. The molecule has 2 rings (SSSR count). The lowest BCUT2D eigenvalue weighted by Gasteiger charge is -2.12. The van der Waals surface area contributed by atoms with Crippen LogP contribution in [0.5, 0.6) is 0 Å². The average Bonchev–Trinajstić information content (AvgIpc) is 2.36. The van der Waals surface area contributed by atoms with Crippen molar-refractivity contribution in [1.29, 1.82) is 0 Å². The van der Waals surface area contributed by atoms with Crippen LogP contribution in [0.3, 0.4) is 0 Å². The maximum absolute atomic E-state index is 3.95. The van der Waals surface area contributed by atoms with Gasteiger partial charge in [-0.3, -0.25) is 5.10 Å². The van der Waals surface area contributed by atoms with Crippen LogP contribution >= 0.6 is 0 Å². The lowest BCUT2D eigenvalue weighted by atomic mass is 9.92. The number of hydrogen-bond donors (Lipinski definition) is 1. The molecule has 1 N–H and O–H groups in total. The van der Waals surface area contributed by atoms with Crippen LogP contribution in [0.25, 0.3) is 12.2 Å². The van der Waals surface area contributed by atoms with E-state index >= 15 is 0 Å². The molecular weight excluding hydrogens is 138 g/mol. The van der Waals surface area contributed by atoms with Gasteiger partial charge in [0.15, 0.2) is 0 Å². The summed E-state index contributed by atoms with van der Waals surface area (Å²) in [6.07, 6.45) is 4.34. The summed E-state index contributed by atoms with van der Waals surface area (Å²) in [6, 6.07) is 0. The fourth-order valence-electron chi connectivity index (χ4n) is 1.31. The number of fused-ring (bicyclic) bond motifs is 1. The van der Waals surface area contributed by atoms with E-state index in [4.69, 9.17) is 0 Å². The summed E-state index contributed by atoms with van der Waals surface area (Å²) < 4.78 is 0. The molecule has 11 heavy (non-hydrogen) atoms. The Balaban J connectivity index is 2.69. The summed E-state index contributed by atoms with van der Waals surface area (Å²) in [7, 11) is 0. The van der Waals surface area contributed by atoms with E-state index in [0.717, 1.165) is 10.7 Å². The lowest BCUT2D eigenvalue weighted by Crippen LogP contribution is -2.31. The van der Waals surface area contributed by atoms with E-state index in [1.807, 2.05) is 0 Å². The van der Waals surface area contributed by atoms with Crippen LogP contribution in [0.1, 0.15) is 13.8 Å². The molecule has 0 aliphatic heterocycles. The van der Waals surface area contributed by atoms with Crippen molar-refractivity contribution in [3.8, 4) is 0 Å². The van der Waals surface area contributed by atoms with Gasteiger partial charge in [-0.15, -0.1) is 5.10 Å². The molecule has 2 unspecified atom stereocenters. The maximum Gasteiger partial charge on any atom is 0.108 e. The molecule has 1 aromatic rings. The van der Waals surface area contributed by atoms with Gasteiger partial charge in [-0.1, -0.05) is 31.2 Å². The number of H-pyrrole nitrogens is 1. The van der Waals surface area contributed by atoms with Crippen molar-refractivity contribution in [2.45, 2.75) is 13.8 Å². The van der Waals surface area contributed by atoms with Crippen LogP contribution in [0.2, 0.25) is 0 Å². The van der Waals surface area contributed by atoms with Gasteiger partial charge >= 0.3 is 0 Å². The molecule has 0 aromatic carbocycles. The number of aromatic nitrogens is 3. The quantitative estimate of drug-likeness (QED) is 0.548. The minimum atomic E-state index is 0.576. The Kier molecular flexibility index (Phi) is 1.31. The van der Waals surface area contributed by atoms with Crippen molar-refractivity contribution in [3.63, 3.8) is 0 Å². The Bertz CT molecular complexity index is 328. The summed E-state index contributed by atoms with van der Waals surface area (Å²) in [5, 5.41) is 12.6. The van der Waals surface area contributed by atoms with Crippen LogP contribution in [0, 0.1) is 11.8 Å². The SMILES string of the molecule is CC1C=c2nn[nH]c2=CC1C. The molecule has 0 radical (unpaired) electrons. The van der Waals surface area contributed by atoms with Crippen molar-refractivity contribution in [1.82, 2.24) is 15.4 Å². The molecule has 1 aliphatic carbocycles. The van der Waals surface area contributed by atoms with E-state index in [-0.39, 0.29) is 0 Å². The molecule has 0 bridgehead atoms. The van der Waals surface area contributed by atoms with E-state index in [1.165, 1.54) is 0 Å². The molecular formula is C8H11N3. The molecule has 3 heteroatoms. The van der Waals surface area contributed by atoms with Gasteiger partial charge < -0.3 is 0 Å². The van der Waals surface area contributed by atoms with Crippen LogP contribution in [0.15, 0.2) is 0 Å². The first-order valence-electron chi connectivity index (χ1n) is 3.88. The zero-order valence-corrected chi connectivity index (χ0v) is 6.70. The fraction of sp³-hybridized carbons (Fsp3) is 0.500. The second-order valence-corrected chi connectivity index (χ2v) is 3.16. The van der Waals surface area contributed by atoms with Gasteiger partial charge in [-0.05, 0) is 11.8 Å². The first-order chi connectivity index (χ1) is 5.27. The van der Waals surface area contributed by atoms with Crippen molar-refractivity contribution in [2.24, 2.45) is 11.8 Å². The molecule has 1 aliphatic rings. The third-order valence-electron chi connectivity index (χ3n) is 2.28. The molecule has 3 nitrogen and oxygen atoms in total. The van der Waals surface area contributed by atoms with Gasteiger partial charge in [0.05, 0.1) is 5.35 Å². The summed E-state index contributed by atoms with van der Waals surface area (Å²) in [5.41, 5.74) is 0. The van der Waals surface area contributed by atoms with E-state index in [2.05, 4.69) is 41.4 Å². The third-order valence-corrected chi connectivity index (χ3v) is 2.28. The topological polar surface area (TPSA) is 41.6 Å². The Morgan fingerprint density at radius 2 is 2.00 bits per heavy atom. The van der Waals surface area contributed by atoms with E-state index < -0.39 is 0 Å². The third kappa shape index (κ3) is 0.964. The number of hydrogen-bond acceptors (Lipinski definition) is 2. The maximum atomic E-state index is 3.95. The predicted octanol–water partition coefficient (Wildman–Crippen LogP) is -0.349. The number of rotatable bonds is 0. The van der Waals surface area contributed by atoms with Crippen LogP contribution in [-0.2, 0) is 0 Å².